The highest BCUT2D eigenvalue weighted by Crippen LogP contribution is 2.40. The third-order valence-electron chi connectivity index (χ3n) is 9.45. The number of hydrogen-bond donors (Lipinski definition) is 4. The number of quaternary nitrogens is 1. The molecule has 1 amide bonds. The van der Waals surface area contributed by atoms with E-state index in [9.17, 15) is 33.6 Å². The Balaban J connectivity index is 1.17. The van der Waals surface area contributed by atoms with Gasteiger partial charge in [-0.2, -0.15) is 0 Å². The first-order valence-electron chi connectivity index (χ1n) is 15.7. The number of benzene rings is 1. The average molecular weight is 732 g/mol. The van der Waals surface area contributed by atoms with E-state index in [1.54, 1.807) is 22.9 Å². The molecule has 50 heavy (non-hydrogen) atoms. The number of hydrogen-bond acceptors (Lipinski definition) is 11. The number of aryl methyl sites for hydroxylation is 1. The van der Waals surface area contributed by atoms with E-state index in [0.717, 1.165) is 17.4 Å². The minimum absolute atomic E-state index is 0.00670. The largest absolute Gasteiger partial charge is 0.477 e. The molecule has 0 radical (unpaired) electrons. The summed E-state index contributed by atoms with van der Waals surface area (Å²) < 4.78 is 32.3. The number of oxime groups is 1. The molecule has 0 spiro atoms. The number of anilines is 2. The second-order valence-electron chi connectivity index (χ2n) is 12.5. The summed E-state index contributed by atoms with van der Waals surface area (Å²) >= 11 is 1.12. The van der Waals surface area contributed by atoms with Crippen molar-refractivity contribution in [1.29, 1.82) is 0 Å². The van der Waals surface area contributed by atoms with Gasteiger partial charge >= 0.3 is 11.9 Å². The summed E-state index contributed by atoms with van der Waals surface area (Å²) in [6.45, 7) is 4.49. The molecule has 3 atom stereocenters. The number of nitrogens with two attached hydrogens (primary N) is 1. The van der Waals surface area contributed by atoms with Gasteiger partial charge in [-0.15, -0.1) is 11.3 Å². The lowest BCUT2D eigenvalue weighted by molar-refractivity contribution is -0.905. The van der Waals surface area contributed by atoms with Gasteiger partial charge in [0.25, 0.3) is 5.91 Å². The molecule has 16 nitrogen and oxygen atoms in total. The summed E-state index contributed by atoms with van der Waals surface area (Å²) in [7, 11) is 1.39. The van der Waals surface area contributed by atoms with Crippen molar-refractivity contribution in [3.8, 4) is 0 Å². The zero-order chi connectivity index (χ0) is 36.1. The number of nitrogen functional groups attached to an aromatic ring is 1. The fourth-order valence-electron chi connectivity index (χ4n) is 6.87. The number of carboxylic acid groups (broad SMARTS) is 2. The van der Waals surface area contributed by atoms with Crippen LogP contribution in [0.25, 0.3) is 10.9 Å². The minimum atomic E-state index is -1.87. The monoisotopic (exact) mass is 731 g/mol. The molecule has 5 heterocycles. The molecular formula is C31H36FN8O8S2+. The third kappa shape index (κ3) is 6.20. The van der Waals surface area contributed by atoms with Crippen molar-refractivity contribution in [3.05, 3.63) is 62.3 Å². The van der Waals surface area contributed by atoms with E-state index in [1.807, 2.05) is 11.9 Å². The number of nitrogens with zero attached hydrogens (tertiary/aromatic N) is 6. The first-order chi connectivity index (χ1) is 23.8. The molecule has 5 N–H and O–H groups in total. The van der Waals surface area contributed by atoms with Crippen molar-refractivity contribution >= 4 is 67.6 Å². The molecule has 0 aliphatic carbocycles. The fraction of sp³-hybridized carbons (Fsp3) is 0.419. The first-order valence-corrected chi connectivity index (χ1v) is 17.8. The Labute approximate surface area is 291 Å². The van der Waals surface area contributed by atoms with Crippen LogP contribution in [0.15, 0.2) is 44.9 Å². The lowest BCUT2D eigenvalue weighted by atomic mass is 9.95. The quantitative estimate of drug-likeness (QED) is 0.132. The number of halogens is 1. The van der Waals surface area contributed by atoms with E-state index in [1.165, 1.54) is 17.6 Å². The number of carbonyl (C=O) groups is 3. The number of nitrogens with one attached hydrogen (secondary N) is 1. The van der Waals surface area contributed by atoms with Crippen LogP contribution in [0.4, 0.5) is 15.2 Å². The van der Waals surface area contributed by atoms with Crippen LogP contribution >= 0.6 is 11.3 Å². The first kappa shape index (κ1) is 35.0. The molecule has 2 saturated heterocycles. The van der Waals surface area contributed by atoms with Gasteiger partial charge in [-0.25, -0.2) is 23.2 Å². The van der Waals surface area contributed by atoms with Gasteiger partial charge in [0.1, 0.15) is 52.8 Å². The molecular weight excluding hydrogens is 696 g/mol. The average Bonchev–Trinajstić information content (AvgIpc) is 3.51. The van der Waals surface area contributed by atoms with Crippen LogP contribution < -0.4 is 21.4 Å². The van der Waals surface area contributed by atoms with Crippen LogP contribution in [-0.4, -0.2) is 115 Å². The van der Waals surface area contributed by atoms with E-state index >= 15 is 4.39 Å². The van der Waals surface area contributed by atoms with Crippen LogP contribution in [0.3, 0.4) is 0 Å². The molecule has 1 aromatic carbocycles. The Morgan fingerprint density at radius 1 is 1.24 bits per heavy atom. The maximum absolute atomic E-state index is 15.5. The summed E-state index contributed by atoms with van der Waals surface area (Å²) in [6, 6.07) is 2.16. The van der Waals surface area contributed by atoms with Gasteiger partial charge in [-0.3, -0.25) is 13.9 Å². The minimum Gasteiger partial charge on any atom is -0.477 e. The second-order valence-corrected chi connectivity index (χ2v) is 14.9. The number of likely N-dealkylation sites (N-methyl/N-ethyl adjacent to an activating group) is 1. The normalized spacial score (nSPS) is 21.8. The molecule has 3 aliphatic heterocycles. The van der Waals surface area contributed by atoms with Gasteiger partial charge in [0, 0.05) is 29.1 Å². The van der Waals surface area contributed by atoms with Crippen molar-refractivity contribution in [2.75, 3.05) is 57.5 Å². The van der Waals surface area contributed by atoms with Crippen LogP contribution in [0.1, 0.15) is 35.8 Å². The predicted octanol–water partition coefficient (Wildman–Crippen LogP) is 1.14. The van der Waals surface area contributed by atoms with Crippen molar-refractivity contribution in [2.45, 2.75) is 37.7 Å². The number of amides is 1. The van der Waals surface area contributed by atoms with Crippen LogP contribution in [0.5, 0.6) is 0 Å². The zero-order valence-electron chi connectivity index (χ0n) is 27.4. The molecule has 2 aromatic heterocycles. The smallest absolute Gasteiger partial charge is 0.353 e. The Hall–Kier alpha value is -4.88. The van der Waals surface area contributed by atoms with Gasteiger partial charge in [0.05, 0.1) is 50.5 Å². The molecule has 3 aliphatic rings. The number of aromatic carboxylic acids is 1. The van der Waals surface area contributed by atoms with E-state index in [0.29, 0.717) is 73.4 Å². The summed E-state index contributed by atoms with van der Waals surface area (Å²) in [5, 5.41) is 27.1. The lowest BCUT2D eigenvalue weighted by Gasteiger charge is -2.51. The van der Waals surface area contributed by atoms with Crippen LogP contribution in [0, 0.1) is 5.82 Å². The van der Waals surface area contributed by atoms with Crippen molar-refractivity contribution < 1.29 is 42.5 Å². The Morgan fingerprint density at radius 2 is 1.96 bits per heavy atom. The highest BCUT2D eigenvalue weighted by molar-refractivity contribution is 7.85. The molecule has 6 rings (SSSR count). The molecule has 3 aromatic rings. The fourth-order valence-corrected chi connectivity index (χ4v) is 9.08. The van der Waals surface area contributed by atoms with Gasteiger partial charge in [-0.05, 0) is 31.9 Å². The summed E-state index contributed by atoms with van der Waals surface area (Å²) in [5.41, 5.74) is 5.91. The maximum Gasteiger partial charge on any atom is 0.353 e. The molecule has 0 saturated carbocycles. The Kier molecular flexibility index (Phi) is 9.40. The highest BCUT2D eigenvalue weighted by atomic mass is 32.2. The van der Waals surface area contributed by atoms with E-state index < -0.39 is 57.1 Å². The van der Waals surface area contributed by atoms with E-state index in [-0.39, 0.29) is 27.6 Å². The number of fused-ring (bicyclic) bond motifs is 2. The number of aliphatic carboxylic acids is 1. The van der Waals surface area contributed by atoms with E-state index in [2.05, 4.69) is 15.5 Å². The number of carbonyl (C=O) groups excluding carboxylic acids is 1. The Morgan fingerprint density at radius 3 is 2.56 bits per heavy atom. The standard InChI is InChI=1S/C31H35FN8O8S2/c1-4-37-13-18(29(43)44)26(41)17-11-19(32)23(12-22(17)37)38-7-9-40(2,10-8-38)14-16-5-6-21-28(50(47)39(21)25(16)30(45)46)35-27(42)24(36-48-3)20-15-49-31(33)34-20/h11-13,15,21,28H,4-10,14H2,1-3H3,(H4-,33,34,35,42,43,44,45,46)/p+1/b36-24-/t21-,28-,50?/m1/s1. The number of rotatable bonds is 10. The van der Waals surface area contributed by atoms with Crippen molar-refractivity contribution in [3.63, 3.8) is 0 Å². The highest BCUT2D eigenvalue weighted by Gasteiger charge is 2.54. The topological polar surface area (TPSA) is 210 Å². The van der Waals surface area contributed by atoms with Gasteiger partial charge in [-0.1, -0.05) is 5.16 Å². The summed E-state index contributed by atoms with van der Waals surface area (Å²) in [4.78, 5) is 60.8. The number of thiazole rings is 1. The van der Waals surface area contributed by atoms with Gasteiger partial charge in [0.2, 0.25) is 5.43 Å². The summed E-state index contributed by atoms with van der Waals surface area (Å²) in [5.74, 6) is -3.90. The predicted molar refractivity (Wildman–Crippen MR) is 183 cm³/mol. The molecule has 266 valence electrons. The molecule has 19 heteroatoms. The van der Waals surface area contributed by atoms with Crippen molar-refractivity contribution in [1.82, 2.24) is 19.2 Å². The Bertz CT molecular complexity index is 2050. The lowest BCUT2D eigenvalue weighted by Crippen LogP contribution is -2.69. The third-order valence-corrected chi connectivity index (χ3v) is 11.8. The number of aromatic nitrogens is 2. The van der Waals surface area contributed by atoms with Crippen LogP contribution in [0.2, 0.25) is 0 Å². The second kappa shape index (κ2) is 13.4. The number of piperazine rings is 1. The van der Waals surface area contributed by atoms with Crippen molar-refractivity contribution in [2.24, 2.45) is 5.16 Å². The van der Waals surface area contributed by atoms with E-state index in [4.69, 9.17) is 10.6 Å². The van der Waals surface area contributed by atoms with Crippen LogP contribution in [-0.2, 0) is 32.0 Å². The summed E-state index contributed by atoms with van der Waals surface area (Å²) in [6.07, 6.45) is 2.15. The maximum atomic E-state index is 15.5. The molecule has 1 unspecified atom stereocenters. The van der Waals surface area contributed by atoms with Gasteiger partial charge < -0.3 is 40.1 Å². The molecule has 0 bridgehead atoms. The SMILES string of the molecule is CCn1cc(C(=O)O)c(=O)c2cc(F)c(N3CC[N+](C)(CC4=C(C(=O)O)N5[C@H](CC4)[C@H](NC(=O)/C(=N\OC)c4csc(N)n4)S5=O)CC3)cc21. The zero-order valence-corrected chi connectivity index (χ0v) is 29.1. The number of pyridine rings is 1. The van der Waals surface area contributed by atoms with Gasteiger partial charge in [0.15, 0.2) is 10.8 Å². The number of carboxylic acids is 2. The molecule has 2 fully saturated rings.